The highest BCUT2D eigenvalue weighted by molar-refractivity contribution is 9.10. The number of nitrogens with zero attached hydrogens (tertiary/aromatic N) is 1. The minimum Gasteiger partial charge on any atom is -0.478 e. The predicted octanol–water partition coefficient (Wildman–Crippen LogP) is 3.66. The minimum atomic E-state index is -4.40. The number of benzene rings is 1. The Balaban J connectivity index is 2.65. The Labute approximate surface area is 108 Å². The van der Waals surface area contributed by atoms with E-state index in [1.54, 1.807) is 6.07 Å². The summed E-state index contributed by atoms with van der Waals surface area (Å²) in [5.41, 5.74) is 0.0980. The first-order valence-corrected chi connectivity index (χ1v) is 5.65. The van der Waals surface area contributed by atoms with Crippen LogP contribution < -0.4 is 0 Å². The Kier molecular flexibility index (Phi) is 3.10. The van der Waals surface area contributed by atoms with Crippen molar-refractivity contribution in [1.82, 2.24) is 4.57 Å². The summed E-state index contributed by atoms with van der Waals surface area (Å²) in [6.07, 6.45) is -3.39. The molecule has 2 rings (SSSR count). The van der Waals surface area contributed by atoms with Gasteiger partial charge in [-0.15, -0.1) is 0 Å². The lowest BCUT2D eigenvalue weighted by Gasteiger charge is -2.08. The zero-order valence-electron chi connectivity index (χ0n) is 8.83. The highest BCUT2D eigenvalue weighted by Crippen LogP contribution is 2.28. The van der Waals surface area contributed by atoms with Crippen molar-refractivity contribution in [2.24, 2.45) is 0 Å². The fourth-order valence-electron chi connectivity index (χ4n) is 1.76. The number of hydrogen-bond acceptors (Lipinski definition) is 1. The van der Waals surface area contributed by atoms with E-state index < -0.39 is 18.7 Å². The maximum absolute atomic E-state index is 12.4. The number of halogens is 4. The summed E-state index contributed by atoms with van der Waals surface area (Å²) in [6.45, 7) is -1.22. The summed E-state index contributed by atoms with van der Waals surface area (Å²) in [6, 6.07) is 4.54. The summed E-state index contributed by atoms with van der Waals surface area (Å²) in [5, 5.41) is 9.24. The summed E-state index contributed by atoms with van der Waals surface area (Å²) >= 11 is 3.15. The maximum atomic E-state index is 12.4. The maximum Gasteiger partial charge on any atom is 0.406 e. The van der Waals surface area contributed by atoms with E-state index in [0.29, 0.717) is 4.47 Å². The van der Waals surface area contributed by atoms with E-state index in [4.69, 9.17) is 5.11 Å². The first-order chi connectivity index (χ1) is 8.28. The second-order valence-electron chi connectivity index (χ2n) is 3.75. The minimum absolute atomic E-state index is 0.137. The van der Waals surface area contributed by atoms with E-state index in [9.17, 15) is 18.0 Å². The van der Waals surface area contributed by atoms with Gasteiger partial charge >= 0.3 is 12.1 Å². The van der Waals surface area contributed by atoms with Crippen LogP contribution in [0.5, 0.6) is 0 Å². The van der Waals surface area contributed by atoms with E-state index in [-0.39, 0.29) is 16.5 Å². The lowest BCUT2D eigenvalue weighted by atomic mass is 10.2. The van der Waals surface area contributed by atoms with Gasteiger partial charge in [-0.1, -0.05) is 22.0 Å². The number of fused-ring (bicyclic) bond motifs is 1. The number of alkyl halides is 3. The molecular formula is C11H7BrF3NO2. The first-order valence-electron chi connectivity index (χ1n) is 4.86. The third-order valence-corrected chi connectivity index (χ3v) is 2.92. The van der Waals surface area contributed by atoms with Crippen molar-refractivity contribution in [3.63, 3.8) is 0 Å². The van der Waals surface area contributed by atoms with Crippen LogP contribution in [0.4, 0.5) is 13.2 Å². The molecule has 0 saturated heterocycles. The van der Waals surface area contributed by atoms with Gasteiger partial charge in [0.2, 0.25) is 0 Å². The molecule has 18 heavy (non-hydrogen) atoms. The Morgan fingerprint density at radius 1 is 1.39 bits per heavy atom. The van der Waals surface area contributed by atoms with Gasteiger partial charge in [-0.3, -0.25) is 0 Å². The van der Waals surface area contributed by atoms with Gasteiger partial charge in [0.15, 0.2) is 0 Å². The van der Waals surface area contributed by atoms with Crippen molar-refractivity contribution in [3.8, 4) is 0 Å². The third kappa shape index (κ3) is 2.50. The summed E-state index contributed by atoms with van der Waals surface area (Å²) in [7, 11) is 0. The molecule has 0 aliphatic rings. The number of aromatic nitrogens is 1. The van der Waals surface area contributed by atoms with Crippen LogP contribution in [0.2, 0.25) is 0 Å². The molecule has 3 nitrogen and oxygen atoms in total. The van der Waals surface area contributed by atoms with E-state index in [2.05, 4.69) is 15.9 Å². The van der Waals surface area contributed by atoms with Gasteiger partial charge in [0.1, 0.15) is 6.54 Å². The molecule has 0 amide bonds. The van der Waals surface area contributed by atoms with Crippen LogP contribution in [0.3, 0.4) is 0 Å². The zero-order chi connectivity index (χ0) is 13.5. The van der Waals surface area contributed by atoms with Crippen LogP contribution in [0, 0.1) is 0 Å². The van der Waals surface area contributed by atoms with Crippen molar-refractivity contribution >= 4 is 32.8 Å². The summed E-state index contributed by atoms with van der Waals surface area (Å²) in [5.74, 6) is -1.25. The summed E-state index contributed by atoms with van der Waals surface area (Å²) < 4.78 is 38.7. The number of carbonyl (C=O) groups is 1. The van der Waals surface area contributed by atoms with Gasteiger partial charge in [-0.2, -0.15) is 13.2 Å². The van der Waals surface area contributed by atoms with Crippen molar-refractivity contribution in [2.45, 2.75) is 12.7 Å². The molecule has 0 unspecified atom stereocenters. The Morgan fingerprint density at radius 3 is 2.61 bits per heavy atom. The van der Waals surface area contributed by atoms with Crippen LogP contribution in [0.25, 0.3) is 10.9 Å². The Hall–Kier alpha value is -1.50. The molecular weight excluding hydrogens is 315 g/mol. The van der Waals surface area contributed by atoms with Gasteiger partial charge in [-0.25, -0.2) is 4.79 Å². The second kappa shape index (κ2) is 4.31. The predicted molar refractivity (Wildman–Crippen MR) is 62.7 cm³/mol. The molecule has 0 fully saturated rings. The van der Waals surface area contributed by atoms with Gasteiger partial charge in [0.05, 0.1) is 11.1 Å². The van der Waals surface area contributed by atoms with Gasteiger partial charge in [-0.05, 0) is 12.1 Å². The van der Waals surface area contributed by atoms with E-state index >= 15 is 0 Å². The Morgan fingerprint density at radius 2 is 2.06 bits per heavy atom. The van der Waals surface area contributed by atoms with Crippen LogP contribution in [0.1, 0.15) is 10.4 Å². The third-order valence-electron chi connectivity index (χ3n) is 2.42. The second-order valence-corrected chi connectivity index (χ2v) is 4.67. The first kappa shape index (κ1) is 12.9. The highest BCUT2D eigenvalue weighted by Gasteiger charge is 2.29. The molecule has 96 valence electrons. The van der Waals surface area contributed by atoms with Crippen LogP contribution in [-0.4, -0.2) is 21.8 Å². The topological polar surface area (TPSA) is 42.2 Å². The quantitative estimate of drug-likeness (QED) is 0.917. The number of hydrogen-bond donors (Lipinski definition) is 1. The lowest BCUT2D eigenvalue weighted by molar-refractivity contribution is -0.139. The fraction of sp³-hybridized carbons (Fsp3) is 0.182. The van der Waals surface area contributed by atoms with Gasteiger partial charge in [0, 0.05) is 16.1 Å². The average molecular weight is 322 g/mol. The molecule has 1 aromatic heterocycles. The van der Waals surface area contributed by atoms with Crippen molar-refractivity contribution < 1.29 is 23.1 Å². The van der Waals surface area contributed by atoms with E-state index in [1.165, 1.54) is 12.1 Å². The number of carboxylic acids is 1. The Bertz CT molecular complexity index is 619. The lowest BCUT2D eigenvalue weighted by Crippen LogP contribution is -2.16. The number of carboxylic acid groups (broad SMARTS) is 1. The smallest absolute Gasteiger partial charge is 0.406 e. The highest BCUT2D eigenvalue weighted by atomic mass is 79.9. The number of rotatable bonds is 2. The molecule has 0 bridgehead atoms. The standard InChI is InChI=1S/C11H7BrF3NO2/c12-6-1-2-7-8(10(17)18)4-16(9(7)3-6)5-11(13,14)15/h1-4H,5H2,(H,17,18). The van der Waals surface area contributed by atoms with Crippen LogP contribution >= 0.6 is 15.9 Å². The van der Waals surface area contributed by atoms with Crippen molar-refractivity contribution in [1.29, 1.82) is 0 Å². The molecule has 2 aromatic rings. The average Bonchev–Trinajstić information content (AvgIpc) is 2.54. The van der Waals surface area contributed by atoms with E-state index in [1.807, 2.05) is 0 Å². The SMILES string of the molecule is O=C(O)c1cn(CC(F)(F)F)c2cc(Br)ccc12. The van der Waals surface area contributed by atoms with Gasteiger partial charge in [0.25, 0.3) is 0 Å². The van der Waals surface area contributed by atoms with Crippen LogP contribution in [0.15, 0.2) is 28.9 Å². The molecule has 0 atom stereocenters. The fourth-order valence-corrected chi connectivity index (χ4v) is 2.11. The normalized spacial score (nSPS) is 12.0. The van der Waals surface area contributed by atoms with Gasteiger partial charge < -0.3 is 9.67 Å². The monoisotopic (exact) mass is 321 g/mol. The molecule has 0 radical (unpaired) electrons. The molecule has 0 saturated carbocycles. The summed E-state index contributed by atoms with van der Waals surface area (Å²) in [4.78, 5) is 11.0. The van der Waals surface area contributed by atoms with Crippen molar-refractivity contribution in [2.75, 3.05) is 0 Å². The number of aromatic carboxylic acids is 1. The zero-order valence-corrected chi connectivity index (χ0v) is 10.4. The van der Waals surface area contributed by atoms with Crippen LogP contribution in [-0.2, 0) is 6.54 Å². The van der Waals surface area contributed by atoms with Crippen molar-refractivity contribution in [3.05, 3.63) is 34.4 Å². The molecule has 0 aliphatic heterocycles. The molecule has 1 heterocycles. The molecule has 0 spiro atoms. The molecule has 7 heteroatoms. The largest absolute Gasteiger partial charge is 0.478 e. The van der Waals surface area contributed by atoms with E-state index in [0.717, 1.165) is 10.8 Å². The molecule has 1 N–H and O–H groups in total. The molecule has 0 aliphatic carbocycles. The molecule has 1 aromatic carbocycles.